The van der Waals surface area contributed by atoms with E-state index in [9.17, 15) is 0 Å². The van der Waals surface area contributed by atoms with Gasteiger partial charge < -0.3 is 24.4 Å². The molecule has 26 heavy (non-hydrogen) atoms. The van der Waals surface area contributed by atoms with Gasteiger partial charge in [0.1, 0.15) is 0 Å². The molecule has 1 aliphatic carbocycles. The van der Waals surface area contributed by atoms with Gasteiger partial charge in [-0.3, -0.25) is 0 Å². The van der Waals surface area contributed by atoms with Crippen molar-refractivity contribution >= 4 is 17.3 Å². The Labute approximate surface area is 163 Å². The summed E-state index contributed by atoms with van der Waals surface area (Å²) in [6, 6.07) is 4.45. The number of hydrogen-bond acceptors (Lipinski definition) is 4. The van der Waals surface area contributed by atoms with Crippen molar-refractivity contribution in [3.63, 3.8) is 0 Å². The predicted molar refractivity (Wildman–Crippen MR) is 109 cm³/mol. The number of nitrogens with one attached hydrogen (secondary N) is 1. The maximum Gasteiger partial charge on any atom is 0.203 e. The molecule has 1 aromatic carbocycles. The zero-order valence-corrected chi connectivity index (χ0v) is 17.3. The summed E-state index contributed by atoms with van der Waals surface area (Å²) >= 11 is 5.73. The van der Waals surface area contributed by atoms with E-state index in [4.69, 9.17) is 26.4 Å². The molecule has 0 heterocycles. The van der Waals surface area contributed by atoms with Crippen LogP contribution in [0.25, 0.3) is 0 Å². The Morgan fingerprint density at radius 1 is 1.12 bits per heavy atom. The van der Waals surface area contributed by atoms with Crippen molar-refractivity contribution in [2.75, 3.05) is 27.9 Å². The van der Waals surface area contributed by atoms with Crippen LogP contribution in [0.1, 0.15) is 51.0 Å². The molecule has 0 amide bonds. The summed E-state index contributed by atoms with van der Waals surface area (Å²) in [5.74, 6) is 2.01. The fourth-order valence-corrected chi connectivity index (χ4v) is 3.84. The number of rotatable bonds is 9. The lowest BCUT2D eigenvalue weighted by molar-refractivity contribution is 0.289. The molecule has 0 aliphatic heterocycles. The average Bonchev–Trinajstić information content (AvgIpc) is 3.19. The first-order chi connectivity index (χ1) is 12.7. The molecule has 2 rings (SSSR count). The van der Waals surface area contributed by atoms with Crippen LogP contribution in [0.2, 0.25) is 0 Å². The van der Waals surface area contributed by atoms with E-state index in [1.807, 2.05) is 12.1 Å². The van der Waals surface area contributed by atoms with Crippen molar-refractivity contribution in [1.82, 2.24) is 10.2 Å². The number of nitrogens with zero attached hydrogens (tertiary/aromatic N) is 1. The Hall–Kier alpha value is -1.69. The van der Waals surface area contributed by atoms with Crippen molar-refractivity contribution in [1.29, 1.82) is 0 Å². The quantitative estimate of drug-likeness (QED) is 0.513. The second-order valence-electron chi connectivity index (χ2n) is 6.65. The van der Waals surface area contributed by atoms with E-state index in [2.05, 4.69) is 17.1 Å². The monoisotopic (exact) mass is 380 g/mol. The summed E-state index contributed by atoms with van der Waals surface area (Å²) < 4.78 is 16.6. The van der Waals surface area contributed by atoms with E-state index in [0.717, 1.165) is 30.1 Å². The number of benzene rings is 1. The zero-order valence-electron chi connectivity index (χ0n) is 16.5. The minimum absolute atomic E-state index is 0.481. The van der Waals surface area contributed by atoms with Gasteiger partial charge in [0, 0.05) is 24.7 Å². The number of ether oxygens (including phenoxy) is 3. The first-order valence-electron chi connectivity index (χ1n) is 9.48. The molecule has 1 N–H and O–H groups in total. The van der Waals surface area contributed by atoms with Crippen molar-refractivity contribution in [2.24, 2.45) is 0 Å². The van der Waals surface area contributed by atoms with Gasteiger partial charge in [0.2, 0.25) is 5.75 Å². The van der Waals surface area contributed by atoms with Gasteiger partial charge in [-0.05, 0) is 43.6 Å². The fraction of sp³-hybridized carbons (Fsp3) is 0.650. The standard InChI is InChI=1S/C20H32N2O3S/c1-5-6-13-21-20(26)22(16-9-7-8-10-16)14-15-11-12-17(23-2)19(25-4)18(15)24-3/h11-12,16H,5-10,13-14H2,1-4H3,(H,21,26). The minimum Gasteiger partial charge on any atom is -0.493 e. The zero-order chi connectivity index (χ0) is 18.9. The lowest BCUT2D eigenvalue weighted by Crippen LogP contribution is -2.44. The number of methoxy groups -OCH3 is 3. The van der Waals surface area contributed by atoms with Gasteiger partial charge in [0.15, 0.2) is 16.6 Å². The van der Waals surface area contributed by atoms with Crippen molar-refractivity contribution in [3.05, 3.63) is 17.7 Å². The van der Waals surface area contributed by atoms with Crippen LogP contribution in [0.4, 0.5) is 0 Å². The summed E-state index contributed by atoms with van der Waals surface area (Å²) in [6.07, 6.45) is 7.18. The van der Waals surface area contributed by atoms with E-state index in [-0.39, 0.29) is 0 Å². The van der Waals surface area contributed by atoms with Gasteiger partial charge >= 0.3 is 0 Å². The molecule has 1 aromatic rings. The van der Waals surface area contributed by atoms with Crippen molar-refractivity contribution in [3.8, 4) is 17.2 Å². The number of thiocarbonyl (C=S) groups is 1. The first-order valence-corrected chi connectivity index (χ1v) is 9.89. The van der Waals surface area contributed by atoms with E-state index >= 15 is 0 Å². The molecule has 0 bridgehead atoms. The lowest BCUT2D eigenvalue weighted by Gasteiger charge is -2.32. The lowest BCUT2D eigenvalue weighted by atomic mass is 10.1. The third kappa shape index (κ3) is 4.93. The second-order valence-corrected chi connectivity index (χ2v) is 7.03. The normalized spacial score (nSPS) is 14.2. The molecule has 1 aliphatic rings. The molecule has 0 spiro atoms. The molecule has 5 nitrogen and oxygen atoms in total. The fourth-order valence-electron chi connectivity index (χ4n) is 3.53. The summed E-state index contributed by atoms with van der Waals surface area (Å²) in [6.45, 7) is 3.81. The summed E-state index contributed by atoms with van der Waals surface area (Å²) in [5, 5.41) is 4.27. The van der Waals surface area contributed by atoms with Crippen molar-refractivity contribution < 1.29 is 14.2 Å². The molecule has 1 saturated carbocycles. The van der Waals surface area contributed by atoms with Crippen LogP contribution in [-0.4, -0.2) is 43.9 Å². The largest absolute Gasteiger partial charge is 0.493 e. The highest BCUT2D eigenvalue weighted by Gasteiger charge is 2.26. The molecule has 0 aromatic heterocycles. The maximum absolute atomic E-state index is 5.73. The van der Waals surface area contributed by atoms with E-state index in [0.29, 0.717) is 29.8 Å². The van der Waals surface area contributed by atoms with Crippen LogP contribution in [0, 0.1) is 0 Å². The second kappa shape index (κ2) is 10.5. The molecule has 0 unspecified atom stereocenters. The van der Waals surface area contributed by atoms with E-state index in [1.54, 1.807) is 21.3 Å². The smallest absolute Gasteiger partial charge is 0.203 e. The molecule has 0 saturated heterocycles. The molecule has 146 valence electrons. The van der Waals surface area contributed by atoms with Gasteiger partial charge in [-0.1, -0.05) is 26.2 Å². The van der Waals surface area contributed by atoms with Crippen LogP contribution in [0.5, 0.6) is 17.2 Å². The highest BCUT2D eigenvalue weighted by Crippen LogP contribution is 2.40. The van der Waals surface area contributed by atoms with E-state index < -0.39 is 0 Å². The average molecular weight is 381 g/mol. The summed E-state index contributed by atoms with van der Waals surface area (Å²) in [4.78, 5) is 2.32. The highest BCUT2D eigenvalue weighted by molar-refractivity contribution is 7.80. The summed E-state index contributed by atoms with van der Waals surface area (Å²) in [5.41, 5.74) is 1.05. The SMILES string of the molecule is CCCCNC(=S)N(Cc1ccc(OC)c(OC)c1OC)C1CCCC1. The Morgan fingerprint density at radius 3 is 2.38 bits per heavy atom. The van der Waals surface area contributed by atoms with Crippen LogP contribution in [0.3, 0.4) is 0 Å². The summed E-state index contributed by atoms with van der Waals surface area (Å²) in [7, 11) is 4.93. The first kappa shape index (κ1) is 20.6. The van der Waals surface area contributed by atoms with E-state index in [1.165, 1.54) is 25.7 Å². The molecule has 1 fully saturated rings. The van der Waals surface area contributed by atoms with Gasteiger partial charge in [-0.25, -0.2) is 0 Å². The third-order valence-corrected chi connectivity index (χ3v) is 5.34. The molecular weight excluding hydrogens is 348 g/mol. The maximum atomic E-state index is 5.73. The minimum atomic E-state index is 0.481. The van der Waals surface area contributed by atoms with Crippen LogP contribution < -0.4 is 19.5 Å². The molecule has 0 radical (unpaired) electrons. The Bertz CT molecular complexity index is 589. The third-order valence-electron chi connectivity index (χ3n) is 4.96. The van der Waals surface area contributed by atoms with Crippen LogP contribution >= 0.6 is 12.2 Å². The topological polar surface area (TPSA) is 43.0 Å². The Balaban J connectivity index is 2.25. The van der Waals surface area contributed by atoms with Crippen LogP contribution in [-0.2, 0) is 6.54 Å². The Kier molecular flexibility index (Phi) is 8.29. The number of unbranched alkanes of at least 4 members (excludes halogenated alkanes) is 1. The molecule has 6 heteroatoms. The van der Waals surface area contributed by atoms with Gasteiger partial charge in [-0.15, -0.1) is 0 Å². The highest BCUT2D eigenvalue weighted by atomic mass is 32.1. The number of hydrogen-bond donors (Lipinski definition) is 1. The van der Waals surface area contributed by atoms with Crippen LogP contribution in [0.15, 0.2) is 12.1 Å². The molecular formula is C20H32N2O3S. The van der Waals surface area contributed by atoms with Gasteiger partial charge in [0.25, 0.3) is 0 Å². The van der Waals surface area contributed by atoms with Crippen molar-refractivity contribution in [2.45, 2.75) is 58.0 Å². The Morgan fingerprint density at radius 2 is 1.81 bits per heavy atom. The van der Waals surface area contributed by atoms with Gasteiger partial charge in [-0.2, -0.15) is 0 Å². The predicted octanol–water partition coefficient (Wildman–Crippen LogP) is 4.13. The van der Waals surface area contributed by atoms with Gasteiger partial charge in [0.05, 0.1) is 21.3 Å². The molecule has 0 atom stereocenters.